The highest BCUT2D eigenvalue weighted by Crippen LogP contribution is 2.27. The molecule has 0 saturated carbocycles. The third kappa shape index (κ3) is 4.66. The smallest absolute Gasteiger partial charge is 0.0284 e. The van der Waals surface area contributed by atoms with Crippen molar-refractivity contribution in [2.75, 3.05) is 7.05 Å². The lowest BCUT2D eigenvalue weighted by Gasteiger charge is -2.16. The van der Waals surface area contributed by atoms with Crippen molar-refractivity contribution in [1.82, 2.24) is 0 Å². The van der Waals surface area contributed by atoms with Gasteiger partial charge in [0.2, 0.25) is 0 Å². The number of allylic oxidation sites excluding steroid dienone is 2. The summed E-state index contributed by atoms with van der Waals surface area (Å²) in [5, 5.41) is 0. The maximum atomic E-state index is 4.11. The molecule has 1 aromatic rings. The van der Waals surface area contributed by atoms with Crippen LogP contribution in [0.1, 0.15) is 63.5 Å². The van der Waals surface area contributed by atoms with Crippen molar-refractivity contribution in [3.63, 3.8) is 0 Å². The molecule has 0 spiro atoms. The number of nitrogens with zero attached hydrogens (tertiary/aromatic N) is 1. The number of rotatable bonds is 7. The minimum Gasteiger partial charge on any atom is -0.296 e. The monoisotopic (exact) mass is 257 g/mol. The molecule has 1 rings (SSSR count). The molecule has 0 fully saturated rings. The molecule has 1 aromatic carbocycles. The standard InChI is InChI=1S/C18H27N/c1-5-8-16(9-6-2)18-12-10-17(11-13-18)15(7-3)14-19-4/h7,10-14,16H,5-6,8-9H2,1-4H3/b15-7+,19-14-. The fourth-order valence-corrected chi connectivity index (χ4v) is 2.58. The van der Waals surface area contributed by atoms with Crippen LogP contribution < -0.4 is 0 Å². The Morgan fingerprint density at radius 2 is 1.68 bits per heavy atom. The van der Waals surface area contributed by atoms with Gasteiger partial charge in [-0.15, -0.1) is 0 Å². The second-order valence-corrected chi connectivity index (χ2v) is 5.03. The van der Waals surface area contributed by atoms with Crippen molar-refractivity contribution in [3.8, 4) is 0 Å². The summed E-state index contributed by atoms with van der Waals surface area (Å²) in [6.45, 7) is 6.60. The minimum atomic E-state index is 0.720. The fraction of sp³-hybridized carbons (Fsp3) is 0.500. The van der Waals surface area contributed by atoms with Crippen molar-refractivity contribution in [2.45, 2.75) is 52.4 Å². The van der Waals surface area contributed by atoms with Crippen LogP contribution in [-0.4, -0.2) is 13.3 Å². The third-order valence-electron chi connectivity index (χ3n) is 3.57. The lowest BCUT2D eigenvalue weighted by atomic mass is 9.89. The van der Waals surface area contributed by atoms with Gasteiger partial charge in [-0.2, -0.15) is 0 Å². The Hall–Kier alpha value is -1.37. The van der Waals surface area contributed by atoms with Crippen molar-refractivity contribution >= 4 is 11.8 Å². The Kier molecular flexibility index (Phi) is 7.17. The van der Waals surface area contributed by atoms with Crippen LogP contribution in [-0.2, 0) is 0 Å². The van der Waals surface area contributed by atoms with Gasteiger partial charge in [0.15, 0.2) is 0 Å². The van der Waals surface area contributed by atoms with Crippen LogP contribution in [0.5, 0.6) is 0 Å². The maximum absolute atomic E-state index is 4.11. The van der Waals surface area contributed by atoms with Crippen LogP contribution in [0, 0.1) is 0 Å². The first-order valence-corrected chi connectivity index (χ1v) is 7.45. The SMILES string of the molecule is C/C=C(\C=N/C)c1ccc(C(CCC)CCC)cc1. The van der Waals surface area contributed by atoms with Gasteiger partial charge >= 0.3 is 0 Å². The van der Waals surface area contributed by atoms with Gasteiger partial charge in [-0.05, 0) is 42.4 Å². The number of hydrogen-bond donors (Lipinski definition) is 0. The van der Waals surface area contributed by atoms with Crippen LogP contribution in [0.15, 0.2) is 35.3 Å². The zero-order valence-corrected chi connectivity index (χ0v) is 12.8. The van der Waals surface area contributed by atoms with Crippen LogP contribution >= 0.6 is 0 Å². The molecule has 104 valence electrons. The highest BCUT2D eigenvalue weighted by atomic mass is 14.6. The van der Waals surface area contributed by atoms with Crippen molar-refractivity contribution in [3.05, 3.63) is 41.5 Å². The van der Waals surface area contributed by atoms with Crippen molar-refractivity contribution in [2.24, 2.45) is 4.99 Å². The zero-order chi connectivity index (χ0) is 14.1. The minimum absolute atomic E-state index is 0.720. The molecule has 0 aliphatic rings. The molecule has 0 saturated heterocycles. The van der Waals surface area contributed by atoms with Gasteiger partial charge in [-0.25, -0.2) is 0 Å². The quantitative estimate of drug-likeness (QED) is 0.574. The average Bonchev–Trinajstić information content (AvgIpc) is 2.45. The van der Waals surface area contributed by atoms with Crippen LogP contribution in [0.4, 0.5) is 0 Å². The topological polar surface area (TPSA) is 12.4 Å². The van der Waals surface area contributed by atoms with E-state index >= 15 is 0 Å². The molecule has 0 N–H and O–H groups in total. The van der Waals surface area contributed by atoms with Crippen LogP contribution in [0.2, 0.25) is 0 Å². The van der Waals surface area contributed by atoms with Crippen LogP contribution in [0.3, 0.4) is 0 Å². The molecular formula is C18H27N. The first-order valence-electron chi connectivity index (χ1n) is 7.45. The molecule has 1 nitrogen and oxygen atoms in total. The van der Waals surface area contributed by atoms with E-state index in [0.29, 0.717) is 0 Å². The summed E-state index contributed by atoms with van der Waals surface area (Å²) in [5.41, 5.74) is 3.93. The van der Waals surface area contributed by atoms with Gasteiger partial charge in [0.05, 0.1) is 0 Å². The average molecular weight is 257 g/mol. The molecule has 1 heteroatoms. The van der Waals surface area contributed by atoms with Crippen molar-refractivity contribution < 1.29 is 0 Å². The highest BCUT2D eigenvalue weighted by molar-refractivity contribution is 6.09. The summed E-state index contributed by atoms with van der Waals surface area (Å²) in [7, 11) is 1.82. The maximum Gasteiger partial charge on any atom is 0.0284 e. The molecule has 0 atom stereocenters. The second-order valence-electron chi connectivity index (χ2n) is 5.03. The van der Waals surface area contributed by atoms with Crippen molar-refractivity contribution in [1.29, 1.82) is 0 Å². The Morgan fingerprint density at radius 1 is 1.11 bits per heavy atom. The van der Waals surface area contributed by atoms with Gasteiger partial charge in [0, 0.05) is 13.3 Å². The Morgan fingerprint density at radius 3 is 2.11 bits per heavy atom. The number of hydrogen-bond acceptors (Lipinski definition) is 1. The zero-order valence-electron chi connectivity index (χ0n) is 12.8. The Balaban J connectivity index is 2.90. The van der Waals surface area contributed by atoms with E-state index in [1.165, 1.54) is 42.4 Å². The second kappa shape index (κ2) is 8.68. The van der Waals surface area contributed by atoms with E-state index in [1.54, 1.807) is 0 Å². The number of benzene rings is 1. The van der Waals surface area contributed by atoms with Crippen LogP contribution in [0.25, 0.3) is 5.57 Å². The fourth-order valence-electron chi connectivity index (χ4n) is 2.58. The Labute approximate surface area is 118 Å². The van der Waals surface area contributed by atoms with Gasteiger partial charge in [-0.1, -0.05) is 57.0 Å². The summed E-state index contributed by atoms with van der Waals surface area (Å²) < 4.78 is 0. The summed E-state index contributed by atoms with van der Waals surface area (Å²) in [4.78, 5) is 4.11. The molecule has 0 amide bonds. The summed E-state index contributed by atoms with van der Waals surface area (Å²) >= 11 is 0. The molecule has 0 heterocycles. The molecule has 0 aromatic heterocycles. The lowest BCUT2D eigenvalue weighted by molar-refractivity contribution is 0.561. The van der Waals surface area contributed by atoms with E-state index in [1.807, 2.05) is 13.3 Å². The first kappa shape index (κ1) is 15.7. The van der Waals surface area contributed by atoms with E-state index < -0.39 is 0 Å². The Bertz CT molecular complexity index is 406. The molecule has 19 heavy (non-hydrogen) atoms. The normalized spacial score (nSPS) is 12.6. The van der Waals surface area contributed by atoms with E-state index in [2.05, 4.69) is 56.1 Å². The summed E-state index contributed by atoms with van der Waals surface area (Å²) in [5.74, 6) is 0.720. The molecule has 0 unspecified atom stereocenters. The van der Waals surface area contributed by atoms with E-state index in [-0.39, 0.29) is 0 Å². The summed E-state index contributed by atoms with van der Waals surface area (Å²) in [6, 6.07) is 9.03. The number of aliphatic imine (C=N–C) groups is 1. The molecular weight excluding hydrogens is 230 g/mol. The van der Waals surface area contributed by atoms with Gasteiger partial charge < -0.3 is 0 Å². The van der Waals surface area contributed by atoms with E-state index in [4.69, 9.17) is 0 Å². The highest BCUT2D eigenvalue weighted by Gasteiger charge is 2.09. The summed E-state index contributed by atoms with van der Waals surface area (Å²) in [6.07, 6.45) is 9.13. The first-order chi connectivity index (χ1) is 9.26. The molecule has 0 radical (unpaired) electrons. The van der Waals surface area contributed by atoms with E-state index in [9.17, 15) is 0 Å². The predicted octanol–water partition coefficient (Wildman–Crippen LogP) is 5.47. The van der Waals surface area contributed by atoms with Gasteiger partial charge in [0.25, 0.3) is 0 Å². The predicted molar refractivity (Wildman–Crippen MR) is 87.1 cm³/mol. The third-order valence-corrected chi connectivity index (χ3v) is 3.57. The van der Waals surface area contributed by atoms with E-state index in [0.717, 1.165) is 5.92 Å². The molecule has 0 aliphatic carbocycles. The van der Waals surface area contributed by atoms with Gasteiger partial charge in [-0.3, -0.25) is 4.99 Å². The molecule has 0 bridgehead atoms. The molecule has 0 aliphatic heterocycles. The largest absolute Gasteiger partial charge is 0.296 e. The van der Waals surface area contributed by atoms with Gasteiger partial charge in [0.1, 0.15) is 0 Å². The lowest BCUT2D eigenvalue weighted by Crippen LogP contribution is -1.98.